The second kappa shape index (κ2) is 6.21. The molecule has 3 unspecified atom stereocenters. The number of aromatic nitrogens is 1. The molecule has 2 aliphatic rings. The average Bonchev–Trinajstić information content (AvgIpc) is 3.09. The van der Waals surface area contributed by atoms with E-state index in [4.69, 9.17) is 0 Å². The Bertz CT molecular complexity index is 786. The van der Waals surface area contributed by atoms with E-state index >= 15 is 0 Å². The predicted octanol–water partition coefficient (Wildman–Crippen LogP) is 3.95. The summed E-state index contributed by atoms with van der Waals surface area (Å²) in [7, 11) is 1.75. The lowest BCUT2D eigenvalue weighted by atomic mass is 9.97. The fourth-order valence-corrected chi connectivity index (χ4v) is 4.41. The molecule has 0 aliphatic heterocycles. The minimum Gasteiger partial charge on any atom is -0.334 e. The number of fused-ring (bicyclic) bond motifs is 1. The van der Waals surface area contributed by atoms with Crippen LogP contribution in [-0.4, -0.2) is 22.8 Å². The van der Waals surface area contributed by atoms with E-state index in [1.165, 1.54) is 18.6 Å². The topological polar surface area (TPSA) is 33.2 Å². The number of hydrogen-bond donors (Lipinski definition) is 0. The molecule has 0 saturated heterocycles. The Morgan fingerprint density at radius 1 is 1.16 bits per heavy atom. The summed E-state index contributed by atoms with van der Waals surface area (Å²) in [4.78, 5) is 18.8. The van der Waals surface area contributed by atoms with Gasteiger partial charge in [0.25, 0.3) is 0 Å². The quantitative estimate of drug-likeness (QED) is 0.843. The molecule has 0 bridgehead atoms. The summed E-state index contributed by atoms with van der Waals surface area (Å²) in [6, 6.07) is 6.98. The van der Waals surface area contributed by atoms with Gasteiger partial charge in [-0.3, -0.25) is 9.78 Å². The first kappa shape index (κ1) is 16.2. The molecule has 2 fully saturated rings. The third-order valence-corrected chi connectivity index (χ3v) is 5.69. The van der Waals surface area contributed by atoms with E-state index in [2.05, 4.69) is 4.98 Å². The van der Waals surface area contributed by atoms with Crippen LogP contribution in [0.2, 0.25) is 0 Å². The predicted molar refractivity (Wildman–Crippen MR) is 89.5 cm³/mol. The summed E-state index contributed by atoms with van der Waals surface area (Å²) < 4.78 is 27.1. The van der Waals surface area contributed by atoms with E-state index in [1.807, 2.05) is 6.07 Å². The van der Waals surface area contributed by atoms with Crippen molar-refractivity contribution in [1.82, 2.24) is 9.88 Å². The Morgan fingerprint density at radius 2 is 1.92 bits per heavy atom. The van der Waals surface area contributed by atoms with Crippen LogP contribution in [0.15, 0.2) is 42.7 Å². The Kier molecular flexibility index (Phi) is 4.02. The molecular formula is C20H20F2N2O. The van der Waals surface area contributed by atoms with Crippen LogP contribution in [0.1, 0.15) is 36.4 Å². The molecule has 3 atom stereocenters. The van der Waals surface area contributed by atoms with Gasteiger partial charge in [-0.1, -0.05) is 18.6 Å². The molecule has 0 spiro atoms. The molecule has 25 heavy (non-hydrogen) atoms. The van der Waals surface area contributed by atoms with Crippen molar-refractivity contribution in [1.29, 1.82) is 0 Å². The maximum absolute atomic E-state index is 13.8. The van der Waals surface area contributed by atoms with E-state index in [0.717, 1.165) is 24.5 Å². The number of carbonyl (C=O) groups excluding carboxylic acids is 1. The normalized spacial score (nSPS) is 25.3. The van der Waals surface area contributed by atoms with Gasteiger partial charge in [0.15, 0.2) is 11.6 Å². The van der Waals surface area contributed by atoms with Crippen LogP contribution in [0.25, 0.3) is 0 Å². The minimum atomic E-state index is -0.907. The van der Waals surface area contributed by atoms with Crippen molar-refractivity contribution < 1.29 is 13.6 Å². The number of nitrogens with zero attached hydrogens (tertiary/aromatic N) is 2. The Balaban J connectivity index is 1.67. The number of carbonyl (C=O) groups is 1. The molecule has 130 valence electrons. The van der Waals surface area contributed by atoms with Crippen LogP contribution in [0.3, 0.4) is 0 Å². The van der Waals surface area contributed by atoms with Crippen LogP contribution >= 0.6 is 0 Å². The van der Waals surface area contributed by atoms with Gasteiger partial charge in [0.05, 0.1) is 6.04 Å². The molecule has 1 aromatic heterocycles. The number of hydrogen-bond acceptors (Lipinski definition) is 2. The maximum atomic E-state index is 13.8. The first-order valence-electron chi connectivity index (χ1n) is 8.69. The molecule has 2 aromatic rings. The number of rotatable bonds is 4. The second-order valence-electron chi connectivity index (χ2n) is 7.10. The zero-order valence-electron chi connectivity index (χ0n) is 14.0. The summed E-state index contributed by atoms with van der Waals surface area (Å²) >= 11 is 0. The average molecular weight is 342 g/mol. The smallest absolute Gasteiger partial charge is 0.226 e. The van der Waals surface area contributed by atoms with Crippen molar-refractivity contribution in [3.8, 4) is 0 Å². The standard InChI is InChI=1S/C20H20F2N2O/c1-24(20(25)18-14-5-2-6-15(14)18)19(13-4-3-9-23-11-13)12-7-8-16(21)17(22)10-12/h3-4,7-11,14-15,18-19H,2,5-6H2,1H3. The van der Waals surface area contributed by atoms with E-state index in [9.17, 15) is 13.6 Å². The summed E-state index contributed by atoms with van der Waals surface area (Å²) in [6.07, 6.45) is 6.77. The van der Waals surface area contributed by atoms with Crippen molar-refractivity contribution in [2.75, 3.05) is 7.05 Å². The van der Waals surface area contributed by atoms with E-state index < -0.39 is 17.7 Å². The van der Waals surface area contributed by atoms with E-state index in [-0.39, 0.29) is 11.8 Å². The van der Waals surface area contributed by atoms with Crippen LogP contribution in [0, 0.1) is 29.4 Å². The van der Waals surface area contributed by atoms with Crippen molar-refractivity contribution in [2.24, 2.45) is 17.8 Å². The van der Waals surface area contributed by atoms with Gasteiger partial charge in [0, 0.05) is 25.4 Å². The second-order valence-corrected chi connectivity index (χ2v) is 7.10. The molecule has 2 aliphatic carbocycles. The molecule has 3 nitrogen and oxygen atoms in total. The number of benzene rings is 1. The van der Waals surface area contributed by atoms with E-state index in [1.54, 1.807) is 30.4 Å². The third kappa shape index (κ3) is 2.81. The largest absolute Gasteiger partial charge is 0.334 e. The molecule has 1 heterocycles. The van der Waals surface area contributed by atoms with Gasteiger partial charge in [-0.25, -0.2) is 8.78 Å². The molecule has 2 saturated carbocycles. The maximum Gasteiger partial charge on any atom is 0.226 e. The van der Waals surface area contributed by atoms with Gasteiger partial charge in [-0.15, -0.1) is 0 Å². The fourth-order valence-electron chi connectivity index (χ4n) is 4.41. The highest BCUT2D eigenvalue weighted by atomic mass is 19.2. The summed E-state index contributed by atoms with van der Waals surface area (Å²) in [5, 5.41) is 0. The third-order valence-electron chi connectivity index (χ3n) is 5.69. The van der Waals surface area contributed by atoms with Crippen LogP contribution in [0.4, 0.5) is 8.78 Å². The first-order chi connectivity index (χ1) is 12.1. The van der Waals surface area contributed by atoms with Gasteiger partial charge >= 0.3 is 0 Å². The van der Waals surface area contributed by atoms with Gasteiger partial charge in [-0.05, 0) is 54.0 Å². The highest BCUT2D eigenvalue weighted by molar-refractivity contribution is 5.83. The van der Waals surface area contributed by atoms with Gasteiger partial charge < -0.3 is 4.90 Å². The molecular weight excluding hydrogens is 322 g/mol. The molecule has 1 amide bonds. The van der Waals surface area contributed by atoms with Crippen molar-refractivity contribution >= 4 is 5.91 Å². The molecule has 5 heteroatoms. The van der Waals surface area contributed by atoms with Crippen LogP contribution in [-0.2, 0) is 4.79 Å². The zero-order valence-corrected chi connectivity index (χ0v) is 14.0. The number of amides is 1. The highest BCUT2D eigenvalue weighted by Crippen LogP contribution is 2.58. The molecule has 0 N–H and O–H groups in total. The molecule has 4 rings (SSSR count). The number of pyridine rings is 1. The van der Waals surface area contributed by atoms with Gasteiger partial charge in [-0.2, -0.15) is 0 Å². The lowest BCUT2D eigenvalue weighted by molar-refractivity contribution is -0.133. The Morgan fingerprint density at radius 3 is 2.56 bits per heavy atom. The van der Waals surface area contributed by atoms with Crippen molar-refractivity contribution in [2.45, 2.75) is 25.3 Å². The van der Waals surface area contributed by atoms with E-state index in [0.29, 0.717) is 17.4 Å². The summed E-state index contributed by atoms with van der Waals surface area (Å²) in [6.45, 7) is 0. The van der Waals surface area contributed by atoms with Crippen LogP contribution in [0.5, 0.6) is 0 Å². The fraction of sp³-hybridized carbons (Fsp3) is 0.400. The molecule has 1 aromatic carbocycles. The number of halogens is 2. The summed E-state index contributed by atoms with van der Waals surface area (Å²) in [5.41, 5.74) is 1.34. The van der Waals surface area contributed by atoms with Crippen LogP contribution < -0.4 is 0 Å². The minimum absolute atomic E-state index is 0.0863. The first-order valence-corrected chi connectivity index (χ1v) is 8.69. The monoisotopic (exact) mass is 342 g/mol. The van der Waals surface area contributed by atoms with Gasteiger partial charge in [0.1, 0.15) is 0 Å². The lowest BCUT2D eigenvalue weighted by Crippen LogP contribution is -2.34. The van der Waals surface area contributed by atoms with Crippen molar-refractivity contribution in [3.05, 3.63) is 65.5 Å². The molecule has 0 radical (unpaired) electrons. The van der Waals surface area contributed by atoms with Crippen molar-refractivity contribution in [3.63, 3.8) is 0 Å². The lowest BCUT2D eigenvalue weighted by Gasteiger charge is -2.29. The van der Waals surface area contributed by atoms with Gasteiger partial charge in [0.2, 0.25) is 5.91 Å². The summed E-state index contributed by atoms with van der Waals surface area (Å²) in [5.74, 6) is -0.602. The zero-order chi connectivity index (χ0) is 17.6. The SMILES string of the molecule is CN(C(=O)C1C2CCCC21)C(c1cccnc1)c1ccc(F)c(F)c1. The Hall–Kier alpha value is -2.30. The Labute approximate surface area is 145 Å². The highest BCUT2D eigenvalue weighted by Gasteiger charge is 2.57.